The monoisotopic (exact) mass is 222 g/mol. The predicted octanol–water partition coefficient (Wildman–Crippen LogP) is 1.61. The van der Waals surface area contributed by atoms with Gasteiger partial charge in [-0.05, 0) is 19.3 Å². The molecule has 0 bridgehead atoms. The molecule has 0 unspecified atom stereocenters. The van der Waals surface area contributed by atoms with Crippen molar-refractivity contribution in [2.75, 3.05) is 18.4 Å². The van der Waals surface area contributed by atoms with Crippen molar-refractivity contribution in [3.63, 3.8) is 0 Å². The quantitative estimate of drug-likeness (QED) is 0.826. The van der Waals surface area contributed by atoms with Crippen LogP contribution >= 0.6 is 0 Å². The second-order valence-electron chi connectivity index (χ2n) is 4.12. The van der Waals surface area contributed by atoms with Crippen LogP contribution in [0.15, 0.2) is 6.07 Å². The van der Waals surface area contributed by atoms with Crippen molar-refractivity contribution in [1.29, 1.82) is 0 Å². The summed E-state index contributed by atoms with van der Waals surface area (Å²) in [5.74, 6) is 0.772. The van der Waals surface area contributed by atoms with Gasteiger partial charge in [-0.25, -0.2) is 4.79 Å². The van der Waals surface area contributed by atoms with E-state index in [1.807, 2.05) is 18.0 Å². The van der Waals surface area contributed by atoms with Crippen LogP contribution in [-0.2, 0) is 13.5 Å². The van der Waals surface area contributed by atoms with Crippen LogP contribution in [0.1, 0.15) is 25.5 Å². The molecular formula is C11H18N4O. The first-order valence-electron chi connectivity index (χ1n) is 5.79. The van der Waals surface area contributed by atoms with E-state index in [4.69, 9.17) is 0 Å². The fraction of sp³-hybridized carbons (Fsp3) is 0.636. The first-order chi connectivity index (χ1) is 7.70. The third-order valence-electron chi connectivity index (χ3n) is 2.92. The molecule has 5 nitrogen and oxygen atoms in total. The molecule has 0 atom stereocenters. The molecule has 5 heteroatoms. The van der Waals surface area contributed by atoms with Gasteiger partial charge >= 0.3 is 6.03 Å². The molecule has 1 N–H and O–H groups in total. The van der Waals surface area contributed by atoms with Crippen molar-refractivity contribution in [3.8, 4) is 0 Å². The van der Waals surface area contributed by atoms with Gasteiger partial charge in [-0.15, -0.1) is 0 Å². The Labute approximate surface area is 95.4 Å². The van der Waals surface area contributed by atoms with E-state index in [0.29, 0.717) is 0 Å². The maximum absolute atomic E-state index is 11.8. The number of hydrogen-bond donors (Lipinski definition) is 1. The van der Waals surface area contributed by atoms with Crippen LogP contribution in [0, 0.1) is 0 Å². The Hall–Kier alpha value is -1.52. The number of aryl methyl sites for hydroxylation is 2. The highest BCUT2D eigenvalue weighted by atomic mass is 16.2. The van der Waals surface area contributed by atoms with E-state index in [0.717, 1.165) is 43.9 Å². The number of urea groups is 1. The Bertz CT molecular complexity index is 379. The van der Waals surface area contributed by atoms with Gasteiger partial charge in [0.1, 0.15) is 5.82 Å². The average Bonchev–Trinajstić information content (AvgIpc) is 2.88. The molecule has 0 aromatic carbocycles. The summed E-state index contributed by atoms with van der Waals surface area (Å²) < 4.78 is 1.72. The summed E-state index contributed by atoms with van der Waals surface area (Å²) in [5.41, 5.74) is 0.999. The molecule has 1 aliphatic rings. The van der Waals surface area contributed by atoms with Gasteiger partial charge in [-0.3, -0.25) is 10.00 Å². The van der Waals surface area contributed by atoms with Crippen LogP contribution in [0.4, 0.5) is 10.6 Å². The number of amides is 2. The standard InChI is InChI=1S/C11H18N4O/c1-3-9-8-10(14(2)13-9)12-11(16)15-6-4-5-7-15/h8H,3-7H2,1-2H3,(H,12,16). The first kappa shape index (κ1) is 11.0. The Morgan fingerprint density at radius 2 is 2.19 bits per heavy atom. The molecule has 0 radical (unpaired) electrons. The summed E-state index contributed by atoms with van der Waals surface area (Å²) >= 11 is 0. The van der Waals surface area contributed by atoms with Crippen LogP contribution < -0.4 is 5.32 Å². The number of nitrogens with one attached hydrogen (secondary N) is 1. The van der Waals surface area contributed by atoms with Crippen molar-refractivity contribution in [2.24, 2.45) is 7.05 Å². The second-order valence-corrected chi connectivity index (χ2v) is 4.12. The highest BCUT2D eigenvalue weighted by Gasteiger charge is 2.18. The largest absolute Gasteiger partial charge is 0.324 e. The third-order valence-corrected chi connectivity index (χ3v) is 2.92. The van der Waals surface area contributed by atoms with E-state index in [2.05, 4.69) is 17.3 Å². The maximum atomic E-state index is 11.8. The molecule has 2 heterocycles. The van der Waals surface area contributed by atoms with Crippen LogP contribution in [-0.4, -0.2) is 33.8 Å². The molecule has 0 spiro atoms. The van der Waals surface area contributed by atoms with Gasteiger partial charge in [0.25, 0.3) is 0 Å². The van der Waals surface area contributed by atoms with Crippen molar-refractivity contribution < 1.29 is 4.79 Å². The molecule has 0 saturated carbocycles. The molecule has 1 fully saturated rings. The van der Waals surface area contributed by atoms with Gasteiger partial charge in [0, 0.05) is 26.2 Å². The van der Waals surface area contributed by atoms with Gasteiger partial charge in [-0.2, -0.15) is 5.10 Å². The summed E-state index contributed by atoms with van der Waals surface area (Å²) in [5, 5.41) is 7.19. The zero-order valence-corrected chi connectivity index (χ0v) is 9.86. The minimum Gasteiger partial charge on any atom is -0.324 e. The minimum atomic E-state index is -0.0110. The van der Waals surface area contributed by atoms with Gasteiger partial charge in [0.2, 0.25) is 0 Å². The van der Waals surface area contributed by atoms with Crippen LogP contribution in [0.2, 0.25) is 0 Å². The zero-order valence-electron chi connectivity index (χ0n) is 9.86. The first-order valence-corrected chi connectivity index (χ1v) is 5.79. The van der Waals surface area contributed by atoms with Gasteiger partial charge in [0.05, 0.1) is 5.69 Å². The molecule has 2 rings (SSSR count). The lowest BCUT2D eigenvalue weighted by Crippen LogP contribution is -2.32. The Morgan fingerprint density at radius 3 is 2.75 bits per heavy atom. The summed E-state index contributed by atoms with van der Waals surface area (Å²) in [6.45, 7) is 3.78. The lowest BCUT2D eigenvalue weighted by Gasteiger charge is -2.15. The molecule has 16 heavy (non-hydrogen) atoms. The fourth-order valence-corrected chi connectivity index (χ4v) is 1.93. The van der Waals surface area contributed by atoms with Crippen molar-refractivity contribution >= 4 is 11.8 Å². The summed E-state index contributed by atoms with van der Waals surface area (Å²) in [7, 11) is 1.85. The lowest BCUT2D eigenvalue weighted by atomic mass is 10.3. The molecule has 88 valence electrons. The number of likely N-dealkylation sites (tertiary alicyclic amines) is 1. The van der Waals surface area contributed by atoms with Gasteiger partial charge < -0.3 is 4.90 Å². The number of hydrogen-bond acceptors (Lipinski definition) is 2. The number of nitrogens with zero attached hydrogens (tertiary/aromatic N) is 3. The zero-order chi connectivity index (χ0) is 11.5. The second kappa shape index (κ2) is 4.55. The topological polar surface area (TPSA) is 50.2 Å². The number of anilines is 1. The molecule has 2 amide bonds. The van der Waals surface area contributed by atoms with E-state index in [-0.39, 0.29) is 6.03 Å². The summed E-state index contributed by atoms with van der Waals surface area (Å²) in [4.78, 5) is 13.7. The average molecular weight is 222 g/mol. The van der Waals surface area contributed by atoms with Crippen LogP contribution in [0.3, 0.4) is 0 Å². The van der Waals surface area contributed by atoms with E-state index in [9.17, 15) is 4.79 Å². The minimum absolute atomic E-state index is 0.0110. The van der Waals surface area contributed by atoms with Crippen molar-refractivity contribution in [2.45, 2.75) is 26.2 Å². The fourth-order valence-electron chi connectivity index (χ4n) is 1.93. The van der Waals surface area contributed by atoms with Crippen molar-refractivity contribution in [1.82, 2.24) is 14.7 Å². The van der Waals surface area contributed by atoms with E-state index < -0.39 is 0 Å². The molecular weight excluding hydrogens is 204 g/mol. The number of rotatable bonds is 2. The SMILES string of the molecule is CCc1cc(NC(=O)N2CCCC2)n(C)n1. The molecule has 1 saturated heterocycles. The molecule has 1 aromatic rings. The van der Waals surface area contributed by atoms with Gasteiger partial charge in [-0.1, -0.05) is 6.92 Å². The summed E-state index contributed by atoms with van der Waals surface area (Å²) in [6, 6.07) is 1.91. The van der Waals surface area contributed by atoms with Gasteiger partial charge in [0.15, 0.2) is 0 Å². The van der Waals surface area contributed by atoms with Crippen molar-refractivity contribution in [3.05, 3.63) is 11.8 Å². The Kier molecular flexibility index (Phi) is 3.12. The Morgan fingerprint density at radius 1 is 1.50 bits per heavy atom. The normalized spacial score (nSPS) is 15.5. The Balaban J connectivity index is 2.02. The van der Waals surface area contributed by atoms with Crippen LogP contribution in [0.25, 0.3) is 0 Å². The number of carbonyl (C=O) groups excluding carboxylic acids is 1. The molecule has 1 aliphatic heterocycles. The number of aromatic nitrogens is 2. The molecule has 0 aliphatic carbocycles. The smallest absolute Gasteiger partial charge is 0.322 e. The van der Waals surface area contributed by atoms with E-state index in [1.54, 1.807) is 4.68 Å². The highest BCUT2D eigenvalue weighted by Crippen LogP contribution is 2.13. The summed E-state index contributed by atoms with van der Waals surface area (Å²) in [6.07, 6.45) is 3.10. The highest BCUT2D eigenvalue weighted by molar-refractivity contribution is 5.88. The van der Waals surface area contributed by atoms with E-state index in [1.165, 1.54) is 0 Å². The predicted molar refractivity (Wildman–Crippen MR) is 62.4 cm³/mol. The third kappa shape index (κ3) is 2.18. The lowest BCUT2D eigenvalue weighted by molar-refractivity contribution is 0.222. The maximum Gasteiger partial charge on any atom is 0.322 e. The number of carbonyl (C=O) groups is 1. The molecule has 1 aromatic heterocycles. The van der Waals surface area contributed by atoms with Crippen LogP contribution in [0.5, 0.6) is 0 Å². The van der Waals surface area contributed by atoms with E-state index >= 15 is 0 Å².